The summed E-state index contributed by atoms with van der Waals surface area (Å²) in [5.74, 6) is 1.24. The molecule has 0 atom stereocenters. The van der Waals surface area contributed by atoms with Crippen molar-refractivity contribution in [2.45, 2.75) is 13.0 Å². The van der Waals surface area contributed by atoms with Gasteiger partial charge in [0.2, 0.25) is 5.43 Å². The minimum absolute atomic E-state index is 0.0741. The number of nitrogens with one attached hydrogen (secondary N) is 1. The van der Waals surface area contributed by atoms with Gasteiger partial charge in [-0.25, -0.2) is 0 Å². The summed E-state index contributed by atoms with van der Waals surface area (Å²) in [6.45, 7) is 0.544. The molecule has 130 valence electrons. The van der Waals surface area contributed by atoms with Crippen molar-refractivity contribution in [2.75, 3.05) is 21.3 Å². The summed E-state index contributed by atoms with van der Waals surface area (Å²) < 4.78 is 15.9. The van der Waals surface area contributed by atoms with Gasteiger partial charge in [-0.15, -0.1) is 0 Å². The van der Waals surface area contributed by atoms with Crippen molar-refractivity contribution >= 4 is 11.8 Å². The van der Waals surface area contributed by atoms with Crippen LogP contribution in [-0.2, 0) is 20.8 Å². The van der Waals surface area contributed by atoms with Gasteiger partial charge in [0.15, 0.2) is 0 Å². The third kappa shape index (κ3) is 3.37. The number of hydrogen-bond acceptors (Lipinski definition) is 4. The van der Waals surface area contributed by atoms with E-state index in [1.807, 2.05) is 30.3 Å². The zero-order chi connectivity index (χ0) is 17.8. The molecule has 0 bridgehead atoms. The van der Waals surface area contributed by atoms with E-state index in [-0.39, 0.29) is 5.43 Å². The summed E-state index contributed by atoms with van der Waals surface area (Å²) in [5.41, 5.74) is 2.43. The molecule has 1 aromatic carbocycles. The number of H-pyrrole nitrogens is 1. The minimum atomic E-state index is -0.0741. The van der Waals surface area contributed by atoms with Crippen LogP contribution in [0.4, 0.5) is 0 Å². The van der Waals surface area contributed by atoms with Crippen LogP contribution in [0.5, 0.6) is 0 Å². The Bertz CT molecular complexity index is 968. The molecule has 0 saturated heterocycles. The molecule has 0 amide bonds. The monoisotopic (exact) mass is 339 g/mol. The first-order valence-electron chi connectivity index (χ1n) is 8.01. The predicted octanol–water partition coefficient (Wildman–Crippen LogP) is 1.66. The highest BCUT2D eigenvalue weighted by Crippen LogP contribution is 2.16. The van der Waals surface area contributed by atoms with E-state index >= 15 is 0 Å². The number of fused-ring (bicyclic) bond motifs is 1. The van der Waals surface area contributed by atoms with Gasteiger partial charge in [0.1, 0.15) is 11.5 Å². The number of methoxy groups -OCH3 is 3. The highest BCUT2D eigenvalue weighted by atomic mass is 16.5. The normalized spacial score (nSPS) is 13.4. The number of rotatable bonds is 5. The lowest BCUT2D eigenvalue weighted by Gasteiger charge is -2.06. The quantitative estimate of drug-likeness (QED) is 0.900. The zero-order valence-corrected chi connectivity index (χ0v) is 14.6. The molecule has 3 rings (SSSR count). The zero-order valence-electron chi connectivity index (χ0n) is 14.6. The summed E-state index contributed by atoms with van der Waals surface area (Å²) in [6.07, 6.45) is 6.04. The maximum Gasteiger partial charge on any atom is 0.200 e. The second-order valence-electron chi connectivity index (χ2n) is 5.74. The summed E-state index contributed by atoms with van der Waals surface area (Å²) in [7, 11) is 4.82. The van der Waals surface area contributed by atoms with Gasteiger partial charge >= 0.3 is 0 Å². The molecule has 2 aromatic rings. The number of pyridine rings is 1. The van der Waals surface area contributed by atoms with Gasteiger partial charge in [-0.2, -0.15) is 0 Å². The Hall–Kier alpha value is -2.79. The highest BCUT2D eigenvalue weighted by Gasteiger charge is 2.12. The number of ether oxygens (including phenoxy) is 3. The summed E-state index contributed by atoms with van der Waals surface area (Å²) >= 11 is 0. The fraction of sp³-hybridized carbons (Fsp3) is 0.250. The van der Waals surface area contributed by atoms with Gasteiger partial charge in [0, 0.05) is 36.7 Å². The lowest BCUT2D eigenvalue weighted by atomic mass is 10.0. The Kier molecular flexibility index (Phi) is 5.05. The van der Waals surface area contributed by atoms with Crippen molar-refractivity contribution in [3.05, 3.63) is 68.7 Å². The Morgan fingerprint density at radius 3 is 2.48 bits per heavy atom. The standard InChI is InChI=1S/C20H21NO4/c1-23-12-13-4-6-14(7-5-13)16-11-21-17-9-8-15(24-2)10-18(25-3)19(17)20(16)22/h4-7,9-11,21H,8,12H2,1-3H3. The molecule has 1 aromatic heterocycles. The molecule has 1 aliphatic carbocycles. The summed E-state index contributed by atoms with van der Waals surface area (Å²) in [5, 5.41) is 1.26. The van der Waals surface area contributed by atoms with Crippen LogP contribution >= 0.6 is 0 Å². The maximum atomic E-state index is 13.1. The van der Waals surface area contributed by atoms with Crippen molar-refractivity contribution in [2.24, 2.45) is 0 Å². The average molecular weight is 339 g/mol. The molecule has 0 aliphatic heterocycles. The van der Waals surface area contributed by atoms with Crippen LogP contribution in [0.2, 0.25) is 0 Å². The number of aromatic amines is 1. The van der Waals surface area contributed by atoms with Crippen LogP contribution in [0.25, 0.3) is 23.0 Å². The molecule has 5 nitrogen and oxygen atoms in total. The second-order valence-corrected chi connectivity index (χ2v) is 5.74. The van der Waals surface area contributed by atoms with Gasteiger partial charge in [-0.3, -0.25) is 4.79 Å². The summed E-state index contributed by atoms with van der Waals surface area (Å²) in [6, 6.07) is 7.77. The smallest absolute Gasteiger partial charge is 0.200 e. The molecule has 0 radical (unpaired) electrons. The first-order chi connectivity index (χ1) is 12.2. The molecule has 1 heterocycles. The van der Waals surface area contributed by atoms with E-state index in [4.69, 9.17) is 14.2 Å². The Balaban J connectivity index is 2.20. The van der Waals surface area contributed by atoms with Crippen LogP contribution in [0.3, 0.4) is 0 Å². The van der Waals surface area contributed by atoms with Crippen molar-refractivity contribution in [1.29, 1.82) is 0 Å². The fourth-order valence-corrected chi connectivity index (χ4v) is 2.90. The van der Waals surface area contributed by atoms with Crippen molar-refractivity contribution in [1.82, 2.24) is 4.98 Å². The minimum Gasteiger partial charge on any atom is -0.501 e. The van der Waals surface area contributed by atoms with Crippen molar-refractivity contribution in [3.63, 3.8) is 0 Å². The lowest BCUT2D eigenvalue weighted by molar-refractivity contribution is 0.185. The van der Waals surface area contributed by atoms with E-state index in [2.05, 4.69) is 4.98 Å². The van der Waals surface area contributed by atoms with Gasteiger partial charge < -0.3 is 19.2 Å². The van der Waals surface area contributed by atoms with Crippen molar-refractivity contribution < 1.29 is 14.2 Å². The number of benzene rings is 1. The largest absolute Gasteiger partial charge is 0.501 e. The fourth-order valence-electron chi connectivity index (χ4n) is 2.90. The Labute approximate surface area is 145 Å². The van der Waals surface area contributed by atoms with Gasteiger partial charge in [-0.05, 0) is 11.1 Å². The van der Waals surface area contributed by atoms with E-state index in [0.717, 1.165) is 22.2 Å². The van der Waals surface area contributed by atoms with E-state index in [9.17, 15) is 4.79 Å². The molecule has 25 heavy (non-hydrogen) atoms. The van der Waals surface area contributed by atoms with Crippen LogP contribution in [0.1, 0.15) is 12.0 Å². The number of aromatic nitrogens is 1. The molecule has 0 fully saturated rings. The van der Waals surface area contributed by atoms with Crippen LogP contribution in [-0.4, -0.2) is 26.3 Å². The molecule has 0 spiro atoms. The average Bonchev–Trinajstić information content (AvgIpc) is 2.83. The topological polar surface area (TPSA) is 60.6 Å². The lowest BCUT2D eigenvalue weighted by Crippen LogP contribution is -2.43. The third-order valence-corrected chi connectivity index (χ3v) is 4.22. The third-order valence-electron chi connectivity index (χ3n) is 4.22. The predicted molar refractivity (Wildman–Crippen MR) is 97.1 cm³/mol. The van der Waals surface area contributed by atoms with Crippen LogP contribution in [0, 0.1) is 0 Å². The molecule has 5 heteroatoms. The maximum absolute atomic E-state index is 13.1. The summed E-state index contributed by atoms with van der Waals surface area (Å²) in [4.78, 5) is 16.3. The molecular formula is C20H21NO4. The first-order valence-corrected chi connectivity index (χ1v) is 8.01. The van der Waals surface area contributed by atoms with Gasteiger partial charge in [0.05, 0.1) is 26.0 Å². The second kappa shape index (κ2) is 7.40. The van der Waals surface area contributed by atoms with Crippen molar-refractivity contribution in [3.8, 4) is 11.1 Å². The van der Waals surface area contributed by atoms with Gasteiger partial charge in [0.25, 0.3) is 0 Å². The highest BCUT2D eigenvalue weighted by molar-refractivity contribution is 5.65. The molecule has 0 saturated carbocycles. The SMILES string of the molecule is COCc1ccc(-c2c[nH]c3c(c2=O)=C(OC)C=C(OC)CC=3)cc1. The molecule has 0 unspecified atom stereocenters. The molecule has 1 aliphatic rings. The van der Waals surface area contributed by atoms with Crippen LogP contribution in [0.15, 0.2) is 47.1 Å². The van der Waals surface area contributed by atoms with Crippen LogP contribution < -0.4 is 16.0 Å². The Morgan fingerprint density at radius 1 is 1.08 bits per heavy atom. The Morgan fingerprint density at radius 2 is 1.84 bits per heavy atom. The van der Waals surface area contributed by atoms with E-state index < -0.39 is 0 Å². The van der Waals surface area contributed by atoms with E-state index in [1.54, 1.807) is 33.6 Å². The number of allylic oxidation sites excluding steroid dienone is 1. The molecule has 1 N–H and O–H groups in total. The molecular weight excluding hydrogens is 318 g/mol. The number of hydrogen-bond donors (Lipinski definition) is 1. The van der Waals surface area contributed by atoms with E-state index in [1.165, 1.54) is 0 Å². The van der Waals surface area contributed by atoms with Gasteiger partial charge in [-0.1, -0.05) is 30.3 Å². The first kappa shape index (κ1) is 17.0. The van der Waals surface area contributed by atoms with E-state index in [0.29, 0.717) is 29.6 Å².